The highest BCUT2D eigenvalue weighted by molar-refractivity contribution is 5.30. The minimum atomic E-state index is 0.273. The van der Waals surface area contributed by atoms with E-state index in [1.807, 2.05) is 12.4 Å². The van der Waals surface area contributed by atoms with Crippen LogP contribution in [0.1, 0.15) is 43.4 Å². The lowest BCUT2D eigenvalue weighted by atomic mass is 9.98. The van der Waals surface area contributed by atoms with Crippen LogP contribution in [0.2, 0.25) is 0 Å². The summed E-state index contributed by atoms with van der Waals surface area (Å²) in [7, 11) is 0. The Labute approximate surface area is 121 Å². The van der Waals surface area contributed by atoms with Crippen LogP contribution in [-0.4, -0.2) is 11.0 Å². The molecule has 1 aromatic heterocycles. The minimum Gasteiger partial charge on any atom is -0.303 e. The van der Waals surface area contributed by atoms with E-state index in [-0.39, 0.29) is 6.04 Å². The zero-order chi connectivity index (χ0) is 13.8. The van der Waals surface area contributed by atoms with E-state index >= 15 is 0 Å². The van der Waals surface area contributed by atoms with Crippen molar-refractivity contribution in [2.45, 2.75) is 38.3 Å². The molecule has 1 aliphatic rings. The first-order valence-electron chi connectivity index (χ1n) is 7.54. The number of pyridine rings is 1. The van der Waals surface area contributed by atoms with Crippen molar-refractivity contribution in [1.82, 2.24) is 10.3 Å². The molecular weight excluding hydrogens is 244 g/mol. The molecule has 3 rings (SSSR count). The molecule has 1 aromatic carbocycles. The lowest BCUT2D eigenvalue weighted by Crippen LogP contribution is -2.31. The van der Waals surface area contributed by atoms with Gasteiger partial charge in [-0.15, -0.1) is 0 Å². The standard InChI is InChI=1S/C18H22N2/c1-14-7-8-17(13-14)20-18(15-5-3-2-4-6-15)16-9-11-19-12-10-16/h2-6,9-12,14,17-18,20H,7-8,13H2,1H3. The van der Waals surface area contributed by atoms with Gasteiger partial charge in [0.15, 0.2) is 0 Å². The molecular formula is C18H22N2. The number of nitrogens with zero attached hydrogens (tertiary/aromatic N) is 1. The van der Waals surface area contributed by atoms with Crippen molar-refractivity contribution in [2.75, 3.05) is 0 Å². The fourth-order valence-corrected chi connectivity index (χ4v) is 3.18. The Hall–Kier alpha value is -1.67. The van der Waals surface area contributed by atoms with Gasteiger partial charge in [0.05, 0.1) is 6.04 Å². The first-order chi connectivity index (χ1) is 9.83. The molecule has 0 aliphatic heterocycles. The summed E-state index contributed by atoms with van der Waals surface area (Å²) in [5.74, 6) is 0.848. The fraction of sp³-hybridized carbons (Fsp3) is 0.389. The van der Waals surface area contributed by atoms with Gasteiger partial charge < -0.3 is 5.32 Å². The predicted molar refractivity (Wildman–Crippen MR) is 82.5 cm³/mol. The topological polar surface area (TPSA) is 24.9 Å². The molecule has 0 bridgehead atoms. The molecule has 0 amide bonds. The second-order valence-electron chi connectivity index (χ2n) is 5.91. The van der Waals surface area contributed by atoms with E-state index in [2.05, 4.69) is 59.7 Å². The predicted octanol–water partition coefficient (Wildman–Crippen LogP) is 3.95. The first kappa shape index (κ1) is 13.3. The lowest BCUT2D eigenvalue weighted by Gasteiger charge is -2.24. The summed E-state index contributed by atoms with van der Waals surface area (Å²) in [6.07, 6.45) is 7.67. The molecule has 20 heavy (non-hydrogen) atoms. The molecule has 0 radical (unpaired) electrons. The molecule has 1 aliphatic carbocycles. The molecule has 1 heterocycles. The third-order valence-corrected chi connectivity index (χ3v) is 4.27. The summed E-state index contributed by atoms with van der Waals surface area (Å²) in [6.45, 7) is 2.35. The highest BCUT2D eigenvalue weighted by Gasteiger charge is 2.25. The van der Waals surface area contributed by atoms with Gasteiger partial charge in [0, 0.05) is 18.4 Å². The SMILES string of the molecule is CC1CCC(NC(c2ccccc2)c2ccncc2)C1. The molecule has 1 fully saturated rings. The number of hydrogen-bond donors (Lipinski definition) is 1. The van der Waals surface area contributed by atoms with Gasteiger partial charge in [-0.3, -0.25) is 4.98 Å². The number of nitrogens with one attached hydrogen (secondary N) is 1. The number of aromatic nitrogens is 1. The maximum absolute atomic E-state index is 4.14. The molecule has 3 atom stereocenters. The van der Waals surface area contributed by atoms with Crippen LogP contribution in [0.3, 0.4) is 0 Å². The Bertz CT molecular complexity index is 484. The van der Waals surface area contributed by atoms with Gasteiger partial charge in [0.2, 0.25) is 0 Å². The van der Waals surface area contributed by atoms with E-state index in [1.165, 1.54) is 30.4 Å². The molecule has 104 valence electrons. The Balaban J connectivity index is 1.84. The molecule has 2 heteroatoms. The van der Waals surface area contributed by atoms with Gasteiger partial charge in [-0.25, -0.2) is 0 Å². The summed E-state index contributed by atoms with van der Waals surface area (Å²) < 4.78 is 0. The Morgan fingerprint density at radius 2 is 1.70 bits per heavy atom. The quantitative estimate of drug-likeness (QED) is 0.906. The molecule has 1 saturated carbocycles. The second-order valence-corrected chi connectivity index (χ2v) is 5.91. The van der Waals surface area contributed by atoms with Crippen molar-refractivity contribution < 1.29 is 0 Å². The molecule has 0 saturated heterocycles. The van der Waals surface area contributed by atoms with Crippen LogP contribution in [0, 0.1) is 5.92 Å². The van der Waals surface area contributed by atoms with Crippen molar-refractivity contribution in [3.63, 3.8) is 0 Å². The number of benzene rings is 1. The van der Waals surface area contributed by atoms with Crippen molar-refractivity contribution in [3.05, 3.63) is 66.0 Å². The Kier molecular flexibility index (Phi) is 4.12. The third kappa shape index (κ3) is 3.07. The van der Waals surface area contributed by atoms with Crippen LogP contribution in [-0.2, 0) is 0 Å². The van der Waals surface area contributed by atoms with Crippen LogP contribution >= 0.6 is 0 Å². The summed E-state index contributed by atoms with van der Waals surface area (Å²) in [6, 6.07) is 15.8. The monoisotopic (exact) mass is 266 g/mol. The van der Waals surface area contributed by atoms with Crippen molar-refractivity contribution in [1.29, 1.82) is 0 Å². The van der Waals surface area contributed by atoms with E-state index in [1.54, 1.807) is 0 Å². The van der Waals surface area contributed by atoms with E-state index in [4.69, 9.17) is 0 Å². The van der Waals surface area contributed by atoms with Crippen molar-refractivity contribution in [3.8, 4) is 0 Å². The van der Waals surface area contributed by atoms with Crippen LogP contribution in [0.25, 0.3) is 0 Å². The minimum absolute atomic E-state index is 0.273. The zero-order valence-corrected chi connectivity index (χ0v) is 12.0. The molecule has 3 unspecified atom stereocenters. The highest BCUT2D eigenvalue weighted by atomic mass is 15.0. The second kappa shape index (κ2) is 6.19. The average molecular weight is 266 g/mol. The number of rotatable bonds is 4. The zero-order valence-electron chi connectivity index (χ0n) is 12.0. The Morgan fingerprint density at radius 1 is 1.00 bits per heavy atom. The normalized spacial score (nSPS) is 23.6. The van der Waals surface area contributed by atoms with E-state index in [0.29, 0.717) is 6.04 Å². The largest absolute Gasteiger partial charge is 0.303 e. The van der Waals surface area contributed by atoms with Crippen LogP contribution in [0.15, 0.2) is 54.9 Å². The maximum atomic E-state index is 4.14. The van der Waals surface area contributed by atoms with E-state index < -0.39 is 0 Å². The smallest absolute Gasteiger partial charge is 0.0579 e. The van der Waals surface area contributed by atoms with Crippen LogP contribution < -0.4 is 5.32 Å². The van der Waals surface area contributed by atoms with Crippen molar-refractivity contribution >= 4 is 0 Å². The molecule has 0 spiro atoms. The number of hydrogen-bond acceptors (Lipinski definition) is 2. The fourth-order valence-electron chi connectivity index (χ4n) is 3.18. The van der Waals surface area contributed by atoms with Gasteiger partial charge in [0.25, 0.3) is 0 Å². The Morgan fingerprint density at radius 3 is 2.35 bits per heavy atom. The average Bonchev–Trinajstić information content (AvgIpc) is 2.92. The van der Waals surface area contributed by atoms with E-state index in [0.717, 1.165) is 5.92 Å². The first-order valence-corrected chi connectivity index (χ1v) is 7.54. The van der Waals surface area contributed by atoms with E-state index in [9.17, 15) is 0 Å². The van der Waals surface area contributed by atoms with Gasteiger partial charge in [-0.2, -0.15) is 0 Å². The van der Waals surface area contributed by atoms with Gasteiger partial charge in [-0.1, -0.05) is 37.3 Å². The van der Waals surface area contributed by atoms with Gasteiger partial charge in [0.1, 0.15) is 0 Å². The summed E-state index contributed by atoms with van der Waals surface area (Å²) >= 11 is 0. The maximum Gasteiger partial charge on any atom is 0.0579 e. The lowest BCUT2D eigenvalue weighted by molar-refractivity contribution is 0.464. The summed E-state index contributed by atoms with van der Waals surface area (Å²) in [5.41, 5.74) is 2.63. The molecule has 2 aromatic rings. The van der Waals surface area contributed by atoms with Crippen LogP contribution in [0.5, 0.6) is 0 Å². The third-order valence-electron chi connectivity index (χ3n) is 4.27. The van der Waals surface area contributed by atoms with Gasteiger partial charge in [-0.05, 0) is 48.4 Å². The summed E-state index contributed by atoms with van der Waals surface area (Å²) in [4.78, 5) is 4.14. The highest BCUT2D eigenvalue weighted by Crippen LogP contribution is 2.29. The van der Waals surface area contributed by atoms with Crippen LogP contribution in [0.4, 0.5) is 0 Å². The summed E-state index contributed by atoms with van der Waals surface area (Å²) in [5, 5.41) is 3.85. The van der Waals surface area contributed by atoms with Gasteiger partial charge >= 0.3 is 0 Å². The molecule has 1 N–H and O–H groups in total. The molecule has 2 nitrogen and oxygen atoms in total. The van der Waals surface area contributed by atoms with Crippen molar-refractivity contribution in [2.24, 2.45) is 5.92 Å².